The Morgan fingerprint density at radius 2 is 2.22 bits per heavy atom. The monoisotopic (exact) mass is 256 g/mol. The summed E-state index contributed by atoms with van der Waals surface area (Å²) >= 11 is 0. The summed E-state index contributed by atoms with van der Waals surface area (Å²) in [6.07, 6.45) is 3.03. The van der Waals surface area contributed by atoms with Crippen LogP contribution in [0.15, 0.2) is 6.20 Å². The molecule has 0 amide bonds. The Kier molecular flexibility index (Phi) is 6.85. The van der Waals surface area contributed by atoms with Crippen LogP contribution in [0, 0.1) is 5.92 Å². The Morgan fingerprint density at radius 1 is 1.44 bits per heavy atom. The predicted octanol–water partition coefficient (Wildman–Crippen LogP) is 0.157. The minimum absolute atomic E-state index is 0.162. The minimum Gasteiger partial charge on any atom is -0.396 e. The topological polar surface area (TPSA) is 83.2 Å². The lowest BCUT2D eigenvalue weighted by Crippen LogP contribution is -2.27. The molecule has 1 rings (SSSR count). The van der Waals surface area contributed by atoms with E-state index in [1.54, 1.807) is 4.68 Å². The van der Waals surface area contributed by atoms with Crippen LogP contribution in [0.2, 0.25) is 0 Å². The molecule has 0 saturated heterocycles. The summed E-state index contributed by atoms with van der Waals surface area (Å²) < 4.78 is 1.72. The quantitative estimate of drug-likeness (QED) is 0.586. The minimum atomic E-state index is -0.311. The molecule has 0 bridgehead atoms. The average Bonchev–Trinajstić information content (AvgIpc) is 2.73. The van der Waals surface area contributed by atoms with Gasteiger partial charge in [-0.05, 0) is 18.8 Å². The molecule has 0 aliphatic rings. The van der Waals surface area contributed by atoms with Gasteiger partial charge >= 0.3 is 0 Å². The first-order valence-electron chi connectivity index (χ1n) is 6.50. The van der Waals surface area contributed by atoms with E-state index in [-0.39, 0.29) is 12.7 Å². The van der Waals surface area contributed by atoms with E-state index in [1.165, 1.54) is 0 Å². The standard InChI is InChI=1S/C12H24N4O2/c1-10(2)6-12(18)8-13-7-11-9-16(15-14-11)4-3-5-17/h9-10,12-13,17-18H,3-8H2,1-2H3. The van der Waals surface area contributed by atoms with Crippen LogP contribution in [0.3, 0.4) is 0 Å². The summed E-state index contributed by atoms with van der Waals surface area (Å²) in [5.74, 6) is 0.501. The number of aromatic nitrogens is 3. The van der Waals surface area contributed by atoms with E-state index in [9.17, 15) is 5.11 Å². The third-order valence-electron chi connectivity index (χ3n) is 2.56. The number of rotatable bonds is 9. The Hall–Kier alpha value is -0.980. The van der Waals surface area contributed by atoms with Gasteiger partial charge in [0.1, 0.15) is 0 Å². The summed E-state index contributed by atoms with van der Waals surface area (Å²) in [7, 11) is 0. The molecule has 0 aromatic carbocycles. The molecule has 1 atom stereocenters. The average molecular weight is 256 g/mol. The second-order valence-corrected chi connectivity index (χ2v) is 4.96. The fraction of sp³-hybridized carbons (Fsp3) is 0.833. The van der Waals surface area contributed by atoms with Crippen LogP contribution < -0.4 is 5.32 Å². The highest BCUT2D eigenvalue weighted by Gasteiger charge is 2.07. The molecule has 3 N–H and O–H groups in total. The number of aliphatic hydroxyl groups excluding tert-OH is 2. The second-order valence-electron chi connectivity index (χ2n) is 4.96. The molecule has 1 heterocycles. The number of nitrogens with zero attached hydrogens (tertiary/aromatic N) is 3. The summed E-state index contributed by atoms with van der Waals surface area (Å²) in [6.45, 7) is 6.20. The van der Waals surface area contributed by atoms with Gasteiger partial charge in [0, 0.05) is 32.4 Å². The SMILES string of the molecule is CC(C)CC(O)CNCc1cn(CCCO)nn1. The van der Waals surface area contributed by atoms with Crippen LogP contribution in [0.5, 0.6) is 0 Å². The van der Waals surface area contributed by atoms with Crippen LogP contribution in [-0.4, -0.2) is 44.5 Å². The molecule has 0 aliphatic heterocycles. The molecule has 6 nitrogen and oxygen atoms in total. The highest BCUT2D eigenvalue weighted by Crippen LogP contribution is 2.03. The van der Waals surface area contributed by atoms with Gasteiger partial charge in [-0.15, -0.1) is 5.10 Å². The molecule has 1 aromatic heterocycles. The fourth-order valence-corrected chi connectivity index (χ4v) is 1.76. The van der Waals surface area contributed by atoms with Gasteiger partial charge in [0.15, 0.2) is 0 Å². The molecular weight excluding hydrogens is 232 g/mol. The summed E-state index contributed by atoms with van der Waals surface area (Å²) in [6, 6.07) is 0. The first kappa shape index (κ1) is 15.1. The van der Waals surface area contributed by atoms with Crippen molar-refractivity contribution < 1.29 is 10.2 Å². The number of hydrogen-bond acceptors (Lipinski definition) is 5. The van der Waals surface area contributed by atoms with Crippen molar-refractivity contribution in [2.75, 3.05) is 13.2 Å². The predicted molar refractivity (Wildman–Crippen MR) is 68.9 cm³/mol. The normalized spacial score (nSPS) is 13.2. The van der Waals surface area contributed by atoms with Crippen LogP contribution in [-0.2, 0) is 13.1 Å². The van der Waals surface area contributed by atoms with Crippen molar-refractivity contribution in [3.05, 3.63) is 11.9 Å². The maximum atomic E-state index is 9.69. The number of aliphatic hydroxyl groups is 2. The Morgan fingerprint density at radius 3 is 2.89 bits per heavy atom. The van der Waals surface area contributed by atoms with Gasteiger partial charge in [-0.1, -0.05) is 19.1 Å². The van der Waals surface area contributed by atoms with E-state index in [2.05, 4.69) is 29.5 Å². The summed E-state index contributed by atoms with van der Waals surface area (Å²) in [5, 5.41) is 29.5. The van der Waals surface area contributed by atoms with Gasteiger partial charge in [-0.25, -0.2) is 0 Å². The van der Waals surface area contributed by atoms with Gasteiger partial charge in [-0.3, -0.25) is 4.68 Å². The molecular formula is C12H24N4O2. The number of nitrogens with one attached hydrogen (secondary N) is 1. The van der Waals surface area contributed by atoms with Crippen molar-refractivity contribution in [1.29, 1.82) is 0 Å². The van der Waals surface area contributed by atoms with Crippen molar-refractivity contribution in [2.24, 2.45) is 5.92 Å². The lowest BCUT2D eigenvalue weighted by Gasteiger charge is -2.12. The van der Waals surface area contributed by atoms with Crippen molar-refractivity contribution in [3.8, 4) is 0 Å². The van der Waals surface area contributed by atoms with E-state index in [0.717, 1.165) is 12.1 Å². The molecule has 0 spiro atoms. The maximum absolute atomic E-state index is 9.69. The summed E-state index contributed by atoms with van der Waals surface area (Å²) in [5.41, 5.74) is 0.852. The van der Waals surface area contributed by atoms with Crippen LogP contribution in [0.25, 0.3) is 0 Å². The van der Waals surface area contributed by atoms with Crippen molar-refractivity contribution in [3.63, 3.8) is 0 Å². The molecule has 104 valence electrons. The number of aryl methyl sites for hydroxylation is 1. The zero-order valence-corrected chi connectivity index (χ0v) is 11.2. The first-order chi connectivity index (χ1) is 8.61. The van der Waals surface area contributed by atoms with E-state index < -0.39 is 0 Å². The maximum Gasteiger partial charge on any atom is 0.0964 e. The molecule has 0 saturated carbocycles. The van der Waals surface area contributed by atoms with E-state index >= 15 is 0 Å². The molecule has 6 heteroatoms. The van der Waals surface area contributed by atoms with Crippen molar-refractivity contribution >= 4 is 0 Å². The third kappa shape index (κ3) is 6.09. The lowest BCUT2D eigenvalue weighted by atomic mass is 10.1. The molecule has 0 radical (unpaired) electrons. The van der Waals surface area contributed by atoms with Gasteiger partial charge in [-0.2, -0.15) is 0 Å². The molecule has 0 fully saturated rings. The van der Waals surface area contributed by atoms with Crippen LogP contribution >= 0.6 is 0 Å². The number of hydrogen-bond donors (Lipinski definition) is 3. The van der Waals surface area contributed by atoms with Gasteiger partial charge in [0.05, 0.1) is 11.8 Å². The lowest BCUT2D eigenvalue weighted by molar-refractivity contribution is 0.146. The smallest absolute Gasteiger partial charge is 0.0964 e. The second kappa shape index (κ2) is 8.18. The van der Waals surface area contributed by atoms with E-state index in [0.29, 0.717) is 32.0 Å². The van der Waals surface area contributed by atoms with E-state index in [4.69, 9.17) is 5.11 Å². The highest BCUT2D eigenvalue weighted by atomic mass is 16.3. The zero-order chi connectivity index (χ0) is 13.4. The largest absolute Gasteiger partial charge is 0.396 e. The van der Waals surface area contributed by atoms with Gasteiger partial charge in [0.25, 0.3) is 0 Å². The third-order valence-corrected chi connectivity index (χ3v) is 2.56. The molecule has 1 aromatic rings. The van der Waals surface area contributed by atoms with Crippen LogP contribution in [0.1, 0.15) is 32.4 Å². The molecule has 1 unspecified atom stereocenters. The van der Waals surface area contributed by atoms with Crippen molar-refractivity contribution in [1.82, 2.24) is 20.3 Å². The van der Waals surface area contributed by atoms with E-state index in [1.807, 2.05) is 6.20 Å². The van der Waals surface area contributed by atoms with Crippen molar-refractivity contribution in [2.45, 2.75) is 45.9 Å². The van der Waals surface area contributed by atoms with Gasteiger partial charge < -0.3 is 15.5 Å². The summed E-state index contributed by atoms with van der Waals surface area (Å²) in [4.78, 5) is 0. The Balaban J connectivity index is 2.20. The van der Waals surface area contributed by atoms with Crippen LogP contribution in [0.4, 0.5) is 0 Å². The fourth-order valence-electron chi connectivity index (χ4n) is 1.76. The Labute approximate surface area is 108 Å². The van der Waals surface area contributed by atoms with Gasteiger partial charge in [0.2, 0.25) is 0 Å². The zero-order valence-electron chi connectivity index (χ0n) is 11.2. The Bertz CT molecular complexity index is 328. The first-order valence-corrected chi connectivity index (χ1v) is 6.50. The molecule has 0 aliphatic carbocycles. The molecule has 18 heavy (non-hydrogen) atoms. The highest BCUT2D eigenvalue weighted by molar-refractivity contribution is 4.91.